The Bertz CT molecular complexity index is 528. The van der Waals surface area contributed by atoms with Crippen molar-refractivity contribution in [1.82, 2.24) is 4.31 Å². The van der Waals surface area contributed by atoms with Crippen molar-refractivity contribution in [3.05, 3.63) is 23.1 Å². The number of rotatable bonds is 4. The van der Waals surface area contributed by atoms with Crippen LogP contribution >= 0.6 is 11.6 Å². The molecule has 0 radical (unpaired) electrons. The van der Waals surface area contributed by atoms with Crippen LogP contribution in [0.15, 0.2) is 16.7 Å². The van der Waals surface area contributed by atoms with Crippen molar-refractivity contribution in [2.45, 2.75) is 25.4 Å². The summed E-state index contributed by atoms with van der Waals surface area (Å²) in [4.78, 5) is 0. The number of hydrogen-bond donors (Lipinski definition) is 1. The summed E-state index contributed by atoms with van der Waals surface area (Å²) < 4.78 is 29.5. The van der Waals surface area contributed by atoms with Gasteiger partial charge in [-0.3, -0.25) is 0 Å². The van der Waals surface area contributed by atoms with Crippen LogP contribution in [-0.4, -0.2) is 37.2 Å². The van der Waals surface area contributed by atoms with Gasteiger partial charge in [-0.15, -0.1) is 0 Å². The van der Waals surface area contributed by atoms with Gasteiger partial charge in [0.1, 0.15) is 0 Å². The molecule has 0 saturated carbocycles. The van der Waals surface area contributed by atoms with Crippen LogP contribution in [0.2, 0.25) is 5.22 Å². The molecule has 0 spiro atoms. The van der Waals surface area contributed by atoms with Crippen LogP contribution in [0.25, 0.3) is 0 Å². The number of sulfonamides is 1. The Kier molecular flexibility index (Phi) is 4.55. The van der Waals surface area contributed by atoms with Crippen LogP contribution in [0.3, 0.4) is 0 Å². The summed E-state index contributed by atoms with van der Waals surface area (Å²) in [6.45, 7) is 1.03. The smallest absolute Gasteiger partial charge is 0.211 e. The molecule has 7 heteroatoms. The first-order valence-corrected chi connectivity index (χ1v) is 8.46. The third-order valence-corrected chi connectivity index (χ3v) is 5.09. The van der Waals surface area contributed by atoms with E-state index in [1.54, 1.807) is 6.07 Å². The number of hydrogen-bond acceptors (Lipinski definition) is 4. The molecule has 0 amide bonds. The van der Waals surface area contributed by atoms with Crippen molar-refractivity contribution >= 4 is 21.6 Å². The standard InChI is InChI=1S/C12H18ClNO4S/c1-19(16,17)14-5-2-3-9(8-14)7-11(15)10-4-6-18-12(10)13/h4,6,9,11,15H,2-3,5,7-8H2,1H3. The minimum absolute atomic E-state index is 0.143. The largest absolute Gasteiger partial charge is 0.453 e. The summed E-state index contributed by atoms with van der Waals surface area (Å²) in [6, 6.07) is 1.64. The Hall–Kier alpha value is -0.560. The van der Waals surface area contributed by atoms with E-state index in [0.29, 0.717) is 25.1 Å². The number of aliphatic hydroxyl groups is 1. The maximum atomic E-state index is 11.5. The fraction of sp³-hybridized carbons (Fsp3) is 0.667. The average Bonchev–Trinajstić information content (AvgIpc) is 2.75. The van der Waals surface area contributed by atoms with Crippen LogP contribution in [-0.2, 0) is 10.0 Å². The fourth-order valence-electron chi connectivity index (χ4n) is 2.51. The van der Waals surface area contributed by atoms with Gasteiger partial charge >= 0.3 is 0 Å². The first kappa shape index (κ1) is 14.8. The van der Waals surface area contributed by atoms with Gasteiger partial charge in [-0.1, -0.05) is 0 Å². The molecule has 1 aromatic rings. The third kappa shape index (κ3) is 3.72. The minimum atomic E-state index is -3.15. The summed E-state index contributed by atoms with van der Waals surface area (Å²) in [5.41, 5.74) is 0.568. The Labute approximate surface area is 118 Å². The molecule has 19 heavy (non-hydrogen) atoms. The Balaban J connectivity index is 1.98. The SMILES string of the molecule is CS(=O)(=O)N1CCCC(CC(O)c2ccoc2Cl)C1. The van der Waals surface area contributed by atoms with Crippen molar-refractivity contribution in [2.24, 2.45) is 5.92 Å². The van der Waals surface area contributed by atoms with E-state index in [2.05, 4.69) is 0 Å². The molecule has 2 unspecified atom stereocenters. The van der Waals surface area contributed by atoms with Crippen LogP contribution in [0.5, 0.6) is 0 Å². The first-order valence-electron chi connectivity index (χ1n) is 6.24. The molecular formula is C12H18ClNO4S. The van der Waals surface area contributed by atoms with Crippen molar-refractivity contribution in [3.63, 3.8) is 0 Å². The number of nitrogens with zero attached hydrogens (tertiary/aromatic N) is 1. The van der Waals surface area contributed by atoms with E-state index >= 15 is 0 Å². The Morgan fingerprint density at radius 2 is 2.37 bits per heavy atom. The van der Waals surface area contributed by atoms with Crippen LogP contribution in [0, 0.1) is 5.92 Å². The van der Waals surface area contributed by atoms with E-state index in [-0.39, 0.29) is 11.1 Å². The summed E-state index contributed by atoms with van der Waals surface area (Å²) >= 11 is 5.82. The predicted octanol–water partition coefficient (Wildman–Crippen LogP) is 2.03. The predicted molar refractivity (Wildman–Crippen MR) is 72.4 cm³/mol. The van der Waals surface area contributed by atoms with E-state index in [4.69, 9.17) is 16.0 Å². The molecule has 1 saturated heterocycles. The molecule has 2 rings (SSSR count). The molecule has 1 aromatic heterocycles. The maximum Gasteiger partial charge on any atom is 0.211 e. The lowest BCUT2D eigenvalue weighted by Gasteiger charge is -2.31. The number of halogens is 1. The van der Waals surface area contributed by atoms with E-state index in [1.807, 2.05) is 0 Å². The van der Waals surface area contributed by atoms with Gasteiger partial charge in [-0.05, 0) is 42.8 Å². The molecule has 1 aliphatic rings. The first-order chi connectivity index (χ1) is 8.88. The fourth-order valence-corrected chi connectivity index (χ4v) is 3.69. The van der Waals surface area contributed by atoms with Gasteiger partial charge in [-0.2, -0.15) is 0 Å². The van der Waals surface area contributed by atoms with Crippen LogP contribution < -0.4 is 0 Å². The van der Waals surface area contributed by atoms with Gasteiger partial charge in [0.2, 0.25) is 10.0 Å². The lowest BCUT2D eigenvalue weighted by Crippen LogP contribution is -2.39. The lowest BCUT2D eigenvalue weighted by molar-refractivity contribution is 0.122. The molecule has 1 fully saturated rings. The highest BCUT2D eigenvalue weighted by Crippen LogP contribution is 2.32. The second-order valence-corrected chi connectivity index (χ2v) is 7.36. The summed E-state index contributed by atoms with van der Waals surface area (Å²) in [5.74, 6) is 0.143. The van der Waals surface area contributed by atoms with Gasteiger partial charge in [0.15, 0.2) is 5.22 Å². The topological polar surface area (TPSA) is 70.8 Å². The highest BCUT2D eigenvalue weighted by atomic mass is 35.5. The van der Waals surface area contributed by atoms with Gasteiger partial charge < -0.3 is 9.52 Å². The zero-order valence-electron chi connectivity index (χ0n) is 10.8. The number of aliphatic hydroxyl groups excluding tert-OH is 1. The maximum absolute atomic E-state index is 11.5. The van der Waals surface area contributed by atoms with Crippen LogP contribution in [0.4, 0.5) is 0 Å². The third-order valence-electron chi connectivity index (χ3n) is 3.51. The van der Waals surface area contributed by atoms with Crippen LogP contribution in [0.1, 0.15) is 30.9 Å². The monoisotopic (exact) mass is 307 g/mol. The average molecular weight is 308 g/mol. The van der Waals surface area contributed by atoms with E-state index in [0.717, 1.165) is 12.8 Å². The highest BCUT2D eigenvalue weighted by Gasteiger charge is 2.28. The number of piperidine rings is 1. The van der Waals surface area contributed by atoms with E-state index < -0.39 is 16.1 Å². The molecule has 2 heterocycles. The molecule has 1 aliphatic heterocycles. The van der Waals surface area contributed by atoms with Gasteiger partial charge in [0.25, 0.3) is 0 Å². The normalized spacial score (nSPS) is 23.4. The highest BCUT2D eigenvalue weighted by molar-refractivity contribution is 7.88. The van der Waals surface area contributed by atoms with Crippen molar-refractivity contribution in [1.29, 1.82) is 0 Å². The zero-order chi connectivity index (χ0) is 14.0. The number of furan rings is 1. The molecule has 0 bridgehead atoms. The quantitative estimate of drug-likeness (QED) is 0.924. The van der Waals surface area contributed by atoms with Crippen molar-refractivity contribution in [2.75, 3.05) is 19.3 Å². The molecule has 108 valence electrons. The second-order valence-electron chi connectivity index (χ2n) is 5.03. The van der Waals surface area contributed by atoms with Crippen molar-refractivity contribution in [3.8, 4) is 0 Å². The molecule has 0 aromatic carbocycles. The van der Waals surface area contributed by atoms with Crippen molar-refractivity contribution < 1.29 is 17.9 Å². The van der Waals surface area contributed by atoms with Gasteiger partial charge in [0.05, 0.1) is 18.6 Å². The second kappa shape index (κ2) is 5.83. The van der Waals surface area contributed by atoms with Gasteiger partial charge in [0, 0.05) is 18.7 Å². The van der Waals surface area contributed by atoms with E-state index in [1.165, 1.54) is 16.8 Å². The molecule has 2 atom stereocenters. The van der Waals surface area contributed by atoms with Gasteiger partial charge in [-0.25, -0.2) is 12.7 Å². The Morgan fingerprint density at radius 3 is 2.95 bits per heavy atom. The molecule has 0 aliphatic carbocycles. The Morgan fingerprint density at radius 1 is 1.63 bits per heavy atom. The minimum Gasteiger partial charge on any atom is -0.453 e. The molecule has 5 nitrogen and oxygen atoms in total. The lowest BCUT2D eigenvalue weighted by atomic mass is 9.92. The molecular weight excluding hydrogens is 290 g/mol. The summed E-state index contributed by atoms with van der Waals surface area (Å²) in [7, 11) is -3.15. The van der Waals surface area contributed by atoms with E-state index in [9.17, 15) is 13.5 Å². The summed E-state index contributed by atoms with van der Waals surface area (Å²) in [5, 5.41) is 10.3. The zero-order valence-corrected chi connectivity index (χ0v) is 12.3. The summed E-state index contributed by atoms with van der Waals surface area (Å²) in [6.07, 6.45) is 4.17. The molecule has 1 N–H and O–H groups in total.